The van der Waals surface area contributed by atoms with E-state index in [4.69, 9.17) is 21.1 Å². The van der Waals surface area contributed by atoms with Crippen LogP contribution in [-0.2, 0) is 4.74 Å². The molecule has 2 rings (SSSR count). The van der Waals surface area contributed by atoms with Crippen molar-refractivity contribution in [2.24, 2.45) is 0 Å². The predicted octanol–water partition coefficient (Wildman–Crippen LogP) is 1.97. The maximum atomic E-state index is 5.90. The molecule has 1 aliphatic rings. The zero-order valence-electron chi connectivity index (χ0n) is 9.45. The number of aromatic nitrogens is 2. The van der Waals surface area contributed by atoms with E-state index in [1.807, 2.05) is 6.92 Å². The van der Waals surface area contributed by atoms with Crippen molar-refractivity contribution in [1.82, 2.24) is 9.97 Å². The van der Waals surface area contributed by atoms with Crippen LogP contribution in [0.1, 0.15) is 6.92 Å². The number of hydrogen-bond donors (Lipinski definition) is 0. The molecule has 1 saturated heterocycles. The molecule has 0 atom stereocenters. The molecule has 0 radical (unpaired) electrons. The molecule has 0 saturated carbocycles. The van der Waals surface area contributed by atoms with Crippen molar-refractivity contribution in [2.75, 3.05) is 37.8 Å². The van der Waals surface area contributed by atoms with E-state index in [-0.39, 0.29) is 5.28 Å². The summed E-state index contributed by atoms with van der Waals surface area (Å²) >= 11 is 8.01. The van der Waals surface area contributed by atoms with Gasteiger partial charge in [0.1, 0.15) is 3.70 Å². The molecule has 1 aromatic heterocycles. The van der Waals surface area contributed by atoms with Crippen LogP contribution in [0.4, 0.5) is 5.82 Å². The van der Waals surface area contributed by atoms with Crippen molar-refractivity contribution in [3.05, 3.63) is 8.98 Å². The number of hydrogen-bond acceptors (Lipinski definition) is 5. The summed E-state index contributed by atoms with van der Waals surface area (Å²) in [6.45, 7) is 5.51. The Morgan fingerprint density at radius 2 is 2.12 bits per heavy atom. The van der Waals surface area contributed by atoms with Gasteiger partial charge in [0.05, 0.1) is 19.8 Å². The summed E-state index contributed by atoms with van der Waals surface area (Å²) in [6.07, 6.45) is 0. The summed E-state index contributed by atoms with van der Waals surface area (Å²) in [6, 6.07) is 0. The van der Waals surface area contributed by atoms with Crippen LogP contribution in [-0.4, -0.2) is 42.9 Å². The Balaban J connectivity index is 2.35. The summed E-state index contributed by atoms with van der Waals surface area (Å²) in [5, 5.41) is 0.249. The zero-order valence-corrected chi connectivity index (χ0v) is 12.4. The third-order valence-corrected chi connectivity index (χ3v) is 3.28. The van der Waals surface area contributed by atoms with Crippen LogP contribution in [0.5, 0.6) is 5.75 Å². The highest BCUT2D eigenvalue weighted by Crippen LogP contribution is 2.32. The van der Waals surface area contributed by atoms with Gasteiger partial charge in [0, 0.05) is 13.1 Å². The number of ether oxygens (including phenoxy) is 2. The van der Waals surface area contributed by atoms with E-state index in [2.05, 4.69) is 37.5 Å². The minimum atomic E-state index is 0.249. The van der Waals surface area contributed by atoms with E-state index in [9.17, 15) is 0 Å². The maximum Gasteiger partial charge on any atom is 0.225 e. The molecule has 0 unspecified atom stereocenters. The quantitative estimate of drug-likeness (QED) is 0.463. The molecular formula is C10H13ClIN3O2. The first-order chi connectivity index (χ1) is 8.22. The predicted molar refractivity (Wildman–Crippen MR) is 74.0 cm³/mol. The summed E-state index contributed by atoms with van der Waals surface area (Å²) in [5.74, 6) is 1.47. The Bertz CT molecular complexity index is 399. The van der Waals surface area contributed by atoms with Gasteiger partial charge in [-0.15, -0.1) is 0 Å². The Morgan fingerprint density at radius 3 is 2.76 bits per heavy atom. The van der Waals surface area contributed by atoms with Gasteiger partial charge in [-0.05, 0) is 41.1 Å². The van der Waals surface area contributed by atoms with Crippen molar-refractivity contribution < 1.29 is 9.47 Å². The first-order valence-electron chi connectivity index (χ1n) is 5.41. The topological polar surface area (TPSA) is 47.5 Å². The van der Waals surface area contributed by atoms with Gasteiger partial charge in [0.15, 0.2) is 11.6 Å². The summed E-state index contributed by atoms with van der Waals surface area (Å²) in [7, 11) is 0. The SMILES string of the molecule is CCOc1c(I)nc(Cl)nc1N1CCOCC1. The minimum Gasteiger partial charge on any atom is -0.487 e. The van der Waals surface area contributed by atoms with Crippen LogP contribution >= 0.6 is 34.2 Å². The van der Waals surface area contributed by atoms with Crippen LogP contribution in [0.15, 0.2) is 0 Å². The molecule has 7 heteroatoms. The van der Waals surface area contributed by atoms with Crippen LogP contribution < -0.4 is 9.64 Å². The van der Waals surface area contributed by atoms with E-state index in [1.54, 1.807) is 0 Å². The van der Waals surface area contributed by atoms with Crippen molar-refractivity contribution in [3.63, 3.8) is 0 Å². The van der Waals surface area contributed by atoms with E-state index in [0.717, 1.165) is 22.6 Å². The molecule has 0 aromatic carbocycles. The largest absolute Gasteiger partial charge is 0.487 e. The second-order valence-corrected chi connectivity index (χ2v) is 4.83. The molecule has 1 fully saturated rings. The maximum absolute atomic E-state index is 5.90. The molecule has 0 aliphatic carbocycles. The number of morpholine rings is 1. The lowest BCUT2D eigenvalue weighted by Crippen LogP contribution is -2.37. The Kier molecular flexibility index (Phi) is 4.63. The summed E-state index contributed by atoms with van der Waals surface area (Å²) < 4.78 is 11.7. The number of anilines is 1. The third kappa shape index (κ3) is 3.11. The molecule has 94 valence electrons. The van der Waals surface area contributed by atoms with Crippen LogP contribution in [0.3, 0.4) is 0 Å². The molecule has 5 nitrogen and oxygen atoms in total. The standard InChI is InChI=1S/C10H13ClIN3O2/c1-2-17-7-8(12)13-10(11)14-9(7)15-3-5-16-6-4-15/h2-6H2,1H3. The lowest BCUT2D eigenvalue weighted by molar-refractivity contribution is 0.122. The summed E-state index contributed by atoms with van der Waals surface area (Å²) in [5.41, 5.74) is 0. The highest BCUT2D eigenvalue weighted by molar-refractivity contribution is 14.1. The smallest absolute Gasteiger partial charge is 0.225 e. The Morgan fingerprint density at radius 1 is 1.41 bits per heavy atom. The van der Waals surface area contributed by atoms with Gasteiger partial charge >= 0.3 is 0 Å². The lowest BCUT2D eigenvalue weighted by Gasteiger charge is -2.29. The average Bonchev–Trinajstić information content (AvgIpc) is 2.33. The van der Waals surface area contributed by atoms with Crippen LogP contribution in [0.2, 0.25) is 5.28 Å². The monoisotopic (exact) mass is 369 g/mol. The third-order valence-electron chi connectivity index (χ3n) is 2.38. The summed E-state index contributed by atoms with van der Waals surface area (Å²) in [4.78, 5) is 10.5. The van der Waals surface area contributed by atoms with Crippen LogP contribution in [0, 0.1) is 3.70 Å². The highest BCUT2D eigenvalue weighted by Gasteiger charge is 2.21. The number of nitrogens with zero attached hydrogens (tertiary/aromatic N) is 3. The van der Waals surface area contributed by atoms with Gasteiger partial charge in [-0.25, -0.2) is 4.98 Å². The zero-order chi connectivity index (χ0) is 12.3. The van der Waals surface area contributed by atoms with Crippen molar-refractivity contribution in [3.8, 4) is 5.75 Å². The molecule has 2 heterocycles. The minimum absolute atomic E-state index is 0.249. The van der Waals surface area contributed by atoms with Crippen molar-refractivity contribution in [1.29, 1.82) is 0 Å². The first kappa shape index (κ1) is 13.1. The van der Waals surface area contributed by atoms with Crippen LogP contribution in [0.25, 0.3) is 0 Å². The van der Waals surface area contributed by atoms with Gasteiger partial charge in [-0.1, -0.05) is 0 Å². The Labute approximate surface area is 119 Å². The fourth-order valence-electron chi connectivity index (χ4n) is 1.65. The van der Waals surface area contributed by atoms with Gasteiger partial charge in [0.25, 0.3) is 0 Å². The second-order valence-electron chi connectivity index (χ2n) is 3.47. The van der Waals surface area contributed by atoms with Gasteiger partial charge in [-0.2, -0.15) is 4.98 Å². The fraction of sp³-hybridized carbons (Fsp3) is 0.600. The molecule has 0 spiro atoms. The molecule has 0 bridgehead atoms. The van der Waals surface area contributed by atoms with E-state index >= 15 is 0 Å². The molecule has 1 aromatic rings. The number of halogens is 2. The molecule has 0 amide bonds. The fourth-order valence-corrected chi connectivity index (χ4v) is 2.58. The van der Waals surface area contributed by atoms with Crippen molar-refractivity contribution in [2.45, 2.75) is 6.92 Å². The molecular weight excluding hydrogens is 356 g/mol. The Hall–Kier alpha value is -0.340. The van der Waals surface area contributed by atoms with Crippen molar-refractivity contribution >= 4 is 40.0 Å². The normalized spacial score (nSPS) is 16.1. The molecule has 0 N–H and O–H groups in total. The van der Waals surface area contributed by atoms with Gasteiger partial charge in [-0.3, -0.25) is 0 Å². The van der Waals surface area contributed by atoms with Gasteiger partial charge < -0.3 is 14.4 Å². The van der Waals surface area contributed by atoms with E-state index < -0.39 is 0 Å². The number of rotatable bonds is 3. The molecule has 1 aliphatic heterocycles. The first-order valence-corrected chi connectivity index (χ1v) is 6.86. The average molecular weight is 370 g/mol. The van der Waals surface area contributed by atoms with E-state index in [0.29, 0.717) is 25.6 Å². The van der Waals surface area contributed by atoms with Gasteiger partial charge in [0.2, 0.25) is 5.28 Å². The highest BCUT2D eigenvalue weighted by atomic mass is 127. The second kappa shape index (κ2) is 6.01. The van der Waals surface area contributed by atoms with E-state index in [1.165, 1.54) is 0 Å². The lowest BCUT2D eigenvalue weighted by atomic mass is 10.4. The molecule has 17 heavy (non-hydrogen) atoms.